The predicted octanol–water partition coefficient (Wildman–Crippen LogP) is 15.4. The van der Waals surface area contributed by atoms with Crippen molar-refractivity contribution in [1.82, 2.24) is 19.5 Å². The number of nitrogens with zero attached hydrogens (tertiary/aromatic N) is 4. The Hall–Kier alpha value is -8.21. The van der Waals surface area contributed by atoms with E-state index in [0.29, 0.717) is 17.5 Å². The normalized spacial score (nSPS) is 11.8. The highest BCUT2D eigenvalue weighted by Gasteiger charge is 2.26. The molecule has 0 saturated carbocycles. The Morgan fingerprint density at radius 3 is 1.42 bits per heavy atom. The molecule has 64 heavy (non-hydrogen) atoms. The summed E-state index contributed by atoms with van der Waals surface area (Å²) in [6, 6.07) is 79.8. The maximum atomic E-state index is 5.27. The maximum Gasteiger partial charge on any atom is 0.164 e. The third kappa shape index (κ3) is 7.05. The molecule has 0 radical (unpaired) electrons. The molecule has 0 N–H and O–H groups in total. The molecular weight excluding hydrogens is 777 g/mol. The SMILES string of the molecule is Cc1cc(-c2nc(-c3ccccc3)nc(-c3ccc(-c4ccccc4)cc3)n2)cc(-c2ccccc2)c1-c1c(C(C)c2ccccc2)cccc1-n1c2ccccc2c2ccccc21. The van der Waals surface area contributed by atoms with Gasteiger partial charge < -0.3 is 4.57 Å². The van der Waals surface area contributed by atoms with Crippen LogP contribution in [0.3, 0.4) is 0 Å². The van der Waals surface area contributed by atoms with Crippen LogP contribution in [0, 0.1) is 6.92 Å². The van der Waals surface area contributed by atoms with Gasteiger partial charge in [-0.25, -0.2) is 15.0 Å². The van der Waals surface area contributed by atoms with Crippen molar-refractivity contribution >= 4 is 21.8 Å². The lowest BCUT2D eigenvalue weighted by molar-refractivity contribution is 0.921. The molecule has 0 aliphatic heterocycles. The van der Waals surface area contributed by atoms with E-state index in [0.717, 1.165) is 44.6 Å². The Kier molecular flexibility index (Phi) is 10.0. The van der Waals surface area contributed by atoms with Crippen LogP contribution < -0.4 is 0 Å². The smallest absolute Gasteiger partial charge is 0.164 e. The van der Waals surface area contributed by atoms with Gasteiger partial charge in [0.15, 0.2) is 17.5 Å². The first-order valence-electron chi connectivity index (χ1n) is 21.9. The van der Waals surface area contributed by atoms with Crippen LogP contribution in [0.2, 0.25) is 0 Å². The third-order valence-corrected chi connectivity index (χ3v) is 12.5. The lowest BCUT2D eigenvalue weighted by Crippen LogP contribution is -2.07. The van der Waals surface area contributed by atoms with Crippen LogP contribution in [-0.2, 0) is 0 Å². The first kappa shape index (κ1) is 38.7. The summed E-state index contributed by atoms with van der Waals surface area (Å²) in [5.74, 6) is 1.98. The monoisotopic (exact) mass is 820 g/mol. The van der Waals surface area contributed by atoms with Crippen molar-refractivity contribution in [3.8, 4) is 73.2 Å². The van der Waals surface area contributed by atoms with Crippen LogP contribution in [0.5, 0.6) is 0 Å². The maximum absolute atomic E-state index is 5.27. The Morgan fingerprint density at radius 2 is 0.828 bits per heavy atom. The first-order chi connectivity index (χ1) is 31.6. The summed E-state index contributed by atoms with van der Waals surface area (Å²) in [5.41, 5.74) is 16.8. The summed E-state index contributed by atoms with van der Waals surface area (Å²) in [6.45, 7) is 4.58. The number of aryl methyl sites for hydroxylation is 1. The zero-order valence-corrected chi connectivity index (χ0v) is 35.7. The van der Waals surface area contributed by atoms with Crippen LogP contribution >= 0.6 is 0 Å². The second-order valence-electron chi connectivity index (χ2n) is 16.4. The van der Waals surface area contributed by atoms with E-state index in [4.69, 9.17) is 15.0 Å². The Bertz CT molecular complexity index is 3380. The number of hydrogen-bond acceptors (Lipinski definition) is 3. The van der Waals surface area contributed by atoms with Crippen molar-refractivity contribution in [2.45, 2.75) is 19.8 Å². The molecule has 0 amide bonds. The lowest BCUT2D eigenvalue weighted by atomic mass is 9.81. The average molecular weight is 821 g/mol. The van der Waals surface area contributed by atoms with E-state index in [1.165, 1.54) is 49.6 Å². The summed E-state index contributed by atoms with van der Waals surface area (Å²) in [5, 5.41) is 2.46. The van der Waals surface area contributed by atoms with Crippen molar-refractivity contribution in [3.05, 3.63) is 241 Å². The Morgan fingerprint density at radius 1 is 0.375 bits per heavy atom. The summed E-state index contributed by atoms with van der Waals surface area (Å²) < 4.78 is 2.47. The molecule has 0 fully saturated rings. The molecule has 4 nitrogen and oxygen atoms in total. The standard InChI is InChI=1S/C60H44N4/c1-40-38-48(60-62-58(46-26-13-6-14-27-46)61-59(63-60)47-36-34-44(35-37-47)43-22-9-4-10-23-43)39-52(45-24-11-5-12-25-45)56(40)57-49(41(2)42-20-7-3-8-21-42)30-19-33-55(57)64-53-31-17-15-28-50(53)51-29-16-18-32-54(51)64/h3-39,41H,1-2H3. The fourth-order valence-corrected chi connectivity index (χ4v) is 9.37. The number of para-hydroxylation sites is 2. The van der Waals surface area contributed by atoms with Gasteiger partial charge in [-0.05, 0) is 81.8 Å². The minimum Gasteiger partial charge on any atom is -0.309 e. The molecule has 2 heterocycles. The number of hydrogen-bond donors (Lipinski definition) is 0. The summed E-state index contributed by atoms with van der Waals surface area (Å²) >= 11 is 0. The summed E-state index contributed by atoms with van der Waals surface area (Å²) in [7, 11) is 0. The van der Waals surface area contributed by atoms with Gasteiger partial charge in [-0.2, -0.15) is 0 Å². The van der Waals surface area contributed by atoms with E-state index in [1.54, 1.807) is 0 Å². The highest BCUT2D eigenvalue weighted by atomic mass is 15.0. The van der Waals surface area contributed by atoms with Crippen LogP contribution in [-0.4, -0.2) is 19.5 Å². The largest absolute Gasteiger partial charge is 0.309 e. The van der Waals surface area contributed by atoms with Gasteiger partial charge in [0.05, 0.1) is 16.7 Å². The number of benzene rings is 9. The predicted molar refractivity (Wildman–Crippen MR) is 265 cm³/mol. The van der Waals surface area contributed by atoms with Crippen molar-refractivity contribution in [3.63, 3.8) is 0 Å². The highest BCUT2D eigenvalue weighted by Crippen LogP contribution is 2.47. The number of fused-ring (bicyclic) bond motifs is 3. The van der Waals surface area contributed by atoms with Gasteiger partial charge in [-0.15, -0.1) is 0 Å². The molecule has 1 unspecified atom stereocenters. The topological polar surface area (TPSA) is 43.6 Å². The molecule has 9 aromatic carbocycles. The summed E-state index contributed by atoms with van der Waals surface area (Å²) in [6.07, 6.45) is 0. The van der Waals surface area contributed by atoms with Gasteiger partial charge in [0, 0.05) is 38.9 Å². The van der Waals surface area contributed by atoms with Gasteiger partial charge in [0.25, 0.3) is 0 Å². The average Bonchev–Trinajstić information content (AvgIpc) is 3.71. The van der Waals surface area contributed by atoms with Crippen LogP contribution in [0.15, 0.2) is 224 Å². The quantitative estimate of drug-likeness (QED) is 0.146. The number of aromatic nitrogens is 4. The first-order valence-corrected chi connectivity index (χ1v) is 21.9. The molecule has 4 heteroatoms. The second kappa shape index (κ2) is 16.6. The fourth-order valence-electron chi connectivity index (χ4n) is 9.37. The number of rotatable bonds is 9. The molecule has 0 aliphatic carbocycles. The highest BCUT2D eigenvalue weighted by molar-refractivity contribution is 6.10. The van der Waals surface area contributed by atoms with Gasteiger partial charge >= 0.3 is 0 Å². The molecule has 1 atom stereocenters. The third-order valence-electron chi connectivity index (χ3n) is 12.5. The Labute approximate surface area is 373 Å². The zero-order chi connectivity index (χ0) is 43.0. The molecule has 0 saturated heterocycles. The van der Waals surface area contributed by atoms with Gasteiger partial charge in [0.2, 0.25) is 0 Å². The fraction of sp³-hybridized carbons (Fsp3) is 0.0500. The molecular formula is C60H44N4. The van der Waals surface area contributed by atoms with Gasteiger partial charge in [0.1, 0.15) is 0 Å². The molecule has 0 spiro atoms. The van der Waals surface area contributed by atoms with Gasteiger partial charge in [-0.1, -0.05) is 201 Å². The Balaban J connectivity index is 1.17. The minimum atomic E-state index is 0.0970. The van der Waals surface area contributed by atoms with Crippen molar-refractivity contribution in [2.75, 3.05) is 0 Å². The van der Waals surface area contributed by atoms with Gasteiger partial charge in [-0.3, -0.25) is 0 Å². The van der Waals surface area contributed by atoms with Crippen molar-refractivity contribution in [2.24, 2.45) is 0 Å². The van der Waals surface area contributed by atoms with Crippen LogP contribution in [0.4, 0.5) is 0 Å². The molecule has 304 valence electrons. The van der Waals surface area contributed by atoms with E-state index in [1.807, 2.05) is 24.3 Å². The zero-order valence-electron chi connectivity index (χ0n) is 35.7. The molecule has 0 aliphatic rings. The second-order valence-corrected chi connectivity index (χ2v) is 16.4. The van der Waals surface area contributed by atoms with Crippen molar-refractivity contribution in [1.29, 1.82) is 0 Å². The van der Waals surface area contributed by atoms with E-state index >= 15 is 0 Å². The molecule has 2 aromatic heterocycles. The minimum absolute atomic E-state index is 0.0970. The van der Waals surface area contributed by atoms with E-state index < -0.39 is 0 Å². The summed E-state index contributed by atoms with van der Waals surface area (Å²) in [4.78, 5) is 15.6. The molecule has 11 rings (SSSR count). The molecule has 0 bridgehead atoms. The van der Waals surface area contributed by atoms with Crippen LogP contribution in [0.25, 0.3) is 95.0 Å². The van der Waals surface area contributed by atoms with E-state index in [-0.39, 0.29) is 5.92 Å². The van der Waals surface area contributed by atoms with Crippen LogP contribution in [0.1, 0.15) is 29.5 Å². The van der Waals surface area contributed by atoms with E-state index in [2.05, 4.69) is 219 Å². The van der Waals surface area contributed by atoms with E-state index in [9.17, 15) is 0 Å². The molecule has 11 aromatic rings. The van der Waals surface area contributed by atoms with Crippen molar-refractivity contribution < 1.29 is 0 Å². The lowest BCUT2D eigenvalue weighted by Gasteiger charge is -2.25.